The molecule has 0 atom stereocenters. The van der Waals surface area contributed by atoms with Crippen LogP contribution < -0.4 is 11.1 Å². The minimum Gasteiger partial charge on any atom is -0.415 e. The molecule has 0 radical (unpaired) electrons. The lowest BCUT2D eigenvalue weighted by atomic mass is 10.6. The Labute approximate surface area is 111 Å². The van der Waals surface area contributed by atoms with E-state index in [2.05, 4.69) is 20.5 Å². The lowest BCUT2D eigenvalue weighted by Crippen LogP contribution is -2.13. The first-order valence-corrected chi connectivity index (χ1v) is 6.91. The monoisotopic (exact) mass is 285 g/mol. The number of nitrogens with one attached hydrogen (secondary N) is 1. The molecule has 0 spiro atoms. The lowest BCUT2D eigenvalue weighted by molar-refractivity contribution is -0.113. The first-order chi connectivity index (χ1) is 8.67. The molecule has 0 bridgehead atoms. The number of carbonyl (C=O) groups excluding carboxylic acids is 1. The Kier molecular flexibility index (Phi) is 4.28. The van der Waals surface area contributed by atoms with E-state index in [9.17, 15) is 4.79 Å². The van der Waals surface area contributed by atoms with Crippen LogP contribution in [0.1, 0.15) is 11.6 Å². The molecule has 2 heterocycles. The molecule has 0 unspecified atom stereocenters. The van der Waals surface area contributed by atoms with Crippen molar-refractivity contribution >= 4 is 34.1 Å². The molecule has 0 aliphatic carbocycles. The fourth-order valence-corrected chi connectivity index (χ4v) is 2.36. The van der Waals surface area contributed by atoms with E-state index in [-0.39, 0.29) is 18.2 Å². The molecule has 9 heteroatoms. The maximum atomic E-state index is 11.6. The zero-order valence-corrected chi connectivity index (χ0v) is 11.2. The van der Waals surface area contributed by atoms with Crippen LogP contribution in [0.5, 0.6) is 0 Å². The minimum atomic E-state index is -0.165. The maximum Gasteiger partial charge on any atom is 0.277 e. The summed E-state index contributed by atoms with van der Waals surface area (Å²) in [7, 11) is 0. The van der Waals surface area contributed by atoms with Gasteiger partial charge in [0.25, 0.3) is 5.22 Å². The lowest BCUT2D eigenvalue weighted by Gasteiger charge is -1.98. The predicted octanol–water partition coefficient (Wildman–Crippen LogP) is 1.02. The second kappa shape index (κ2) is 5.94. The van der Waals surface area contributed by atoms with Crippen molar-refractivity contribution in [2.45, 2.75) is 18.7 Å². The minimum absolute atomic E-state index is 0.165. The third kappa shape index (κ3) is 3.52. The number of rotatable bonds is 5. The quantitative estimate of drug-likeness (QED) is 0.790. The molecule has 2 aromatic heterocycles. The number of carbonyl (C=O) groups is 1. The Bertz CT molecular complexity index is 539. The summed E-state index contributed by atoms with van der Waals surface area (Å²) in [5, 5.41) is 12.9. The highest BCUT2D eigenvalue weighted by atomic mass is 32.2. The SMILES string of the molecule is Cc1csc(NC(=O)CSc2nnc(CN)o2)n1. The summed E-state index contributed by atoms with van der Waals surface area (Å²) in [6, 6.07) is 0. The Balaban J connectivity index is 1.81. The number of hydrogen-bond donors (Lipinski definition) is 2. The molecule has 0 aliphatic heterocycles. The van der Waals surface area contributed by atoms with Crippen LogP contribution in [0.15, 0.2) is 15.0 Å². The van der Waals surface area contributed by atoms with Gasteiger partial charge < -0.3 is 15.5 Å². The average molecular weight is 285 g/mol. The van der Waals surface area contributed by atoms with Crippen LogP contribution in [0.2, 0.25) is 0 Å². The molecule has 18 heavy (non-hydrogen) atoms. The van der Waals surface area contributed by atoms with Crippen LogP contribution in [-0.2, 0) is 11.3 Å². The molecule has 0 aromatic carbocycles. The highest BCUT2D eigenvalue weighted by Crippen LogP contribution is 2.18. The number of amides is 1. The molecule has 0 saturated carbocycles. The molecule has 0 saturated heterocycles. The van der Waals surface area contributed by atoms with Crippen LogP contribution in [0.4, 0.5) is 5.13 Å². The van der Waals surface area contributed by atoms with Crippen molar-refractivity contribution in [3.05, 3.63) is 17.0 Å². The van der Waals surface area contributed by atoms with Crippen molar-refractivity contribution < 1.29 is 9.21 Å². The van der Waals surface area contributed by atoms with Gasteiger partial charge in [-0.2, -0.15) is 0 Å². The maximum absolute atomic E-state index is 11.6. The molecular weight excluding hydrogens is 274 g/mol. The van der Waals surface area contributed by atoms with Gasteiger partial charge in [-0.05, 0) is 6.92 Å². The van der Waals surface area contributed by atoms with E-state index in [1.807, 2.05) is 12.3 Å². The molecule has 3 N–H and O–H groups in total. The van der Waals surface area contributed by atoms with Gasteiger partial charge in [0.15, 0.2) is 5.13 Å². The Hall–Kier alpha value is -1.45. The Morgan fingerprint density at radius 2 is 2.44 bits per heavy atom. The van der Waals surface area contributed by atoms with Gasteiger partial charge >= 0.3 is 0 Å². The first kappa shape index (κ1) is 13.0. The number of anilines is 1. The molecular formula is C9H11N5O2S2. The highest BCUT2D eigenvalue weighted by molar-refractivity contribution is 7.99. The van der Waals surface area contributed by atoms with E-state index in [0.717, 1.165) is 17.5 Å². The largest absolute Gasteiger partial charge is 0.415 e. The highest BCUT2D eigenvalue weighted by Gasteiger charge is 2.10. The second-order valence-corrected chi connectivity index (χ2v) is 5.08. The number of aromatic nitrogens is 3. The van der Waals surface area contributed by atoms with E-state index in [1.54, 1.807) is 0 Å². The van der Waals surface area contributed by atoms with Crippen molar-refractivity contribution in [1.29, 1.82) is 0 Å². The Morgan fingerprint density at radius 1 is 1.61 bits per heavy atom. The van der Waals surface area contributed by atoms with Crippen molar-refractivity contribution in [3.63, 3.8) is 0 Å². The number of aryl methyl sites for hydroxylation is 1. The van der Waals surface area contributed by atoms with Gasteiger partial charge in [-0.1, -0.05) is 11.8 Å². The molecule has 1 amide bonds. The van der Waals surface area contributed by atoms with Crippen molar-refractivity contribution in [3.8, 4) is 0 Å². The van der Waals surface area contributed by atoms with Crippen molar-refractivity contribution in [1.82, 2.24) is 15.2 Å². The summed E-state index contributed by atoms with van der Waals surface area (Å²) in [5.41, 5.74) is 6.21. The fourth-order valence-electron chi connectivity index (χ4n) is 1.07. The summed E-state index contributed by atoms with van der Waals surface area (Å²) >= 11 is 2.55. The summed E-state index contributed by atoms with van der Waals surface area (Å²) < 4.78 is 5.16. The van der Waals surface area contributed by atoms with E-state index in [0.29, 0.717) is 16.2 Å². The Morgan fingerprint density at radius 3 is 3.06 bits per heavy atom. The number of nitrogens with two attached hydrogens (primary N) is 1. The molecule has 0 fully saturated rings. The van der Waals surface area contributed by atoms with Gasteiger partial charge in [-0.3, -0.25) is 4.79 Å². The van der Waals surface area contributed by atoms with Crippen LogP contribution in [0, 0.1) is 6.92 Å². The summed E-state index contributed by atoms with van der Waals surface area (Å²) in [6.45, 7) is 2.06. The van der Waals surface area contributed by atoms with Gasteiger partial charge in [0.2, 0.25) is 11.8 Å². The molecule has 0 aliphatic rings. The zero-order valence-electron chi connectivity index (χ0n) is 9.54. The normalized spacial score (nSPS) is 10.6. The first-order valence-electron chi connectivity index (χ1n) is 5.04. The average Bonchev–Trinajstić information content (AvgIpc) is 2.95. The van der Waals surface area contributed by atoms with E-state index in [4.69, 9.17) is 10.2 Å². The van der Waals surface area contributed by atoms with Crippen LogP contribution >= 0.6 is 23.1 Å². The van der Waals surface area contributed by atoms with Gasteiger partial charge in [-0.15, -0.1) is 21.5 Å². The van der Waals surface area contributed by atoms with E-state index in [1.165, 1.54) is 11.3 Å². The number of thioether (sulfide) groups is 1. The van der Waals surface area contributed by atoms with Gasteiger partial charge in [0.1, 0.15) is 0 Å². The topological polar surface area (TPSA) is 107 Å². The third-order valence-electron chi connectivity index (χ3n) is 1.82. The van der Waals surface area contributed by atoms with Gasteiger partial charge in [-0.25, -0.2) is 4.98 Å². The zero-order chi connectivity index (χ0) is 13.0. The summed E-state index contributed by atoms with van der Waals surface area (Å²) in [6.07, 6.45) is 0. The van der Waals surface area contributed by atoms with Crippen LogP contribution in [0.25, 0.3) is 0 Å². The predicted molar refractivity (Wildman–Crippen MR) is 68.4 cm³/mol. The smallest absolute Gasteiger partial charge is 0.277 e. The molecule has 2 rings (SSSR count). The number of nitrogens with zero attached hydrogens (tertiary/aromatic N) is 3. The molecule has 96 valence electrons. The summed E-state index contributed by atoms with van der Waals surface area (Å²) in [5.74, 6) is 0.375. The summed E-state index contributed by atoms with van der Waals surface area (Å²) in [4.78, 5) is 15.7. The van der Waals surface area contributed by atoms with Crippen LogP contribution in [0.3, 0.4) is 0 Å². The molecule has 7 nitrogen and oxygen atoms in total. The third-order valence-corrected chi connectivity index (χ3v) is 3.51. The van der Waals surface area contributed by atoms with Crippen molar-refractivity contribution in [2.75, 3.05) is 11.1 Å². The van der Waals surface area contributed by atoms with Crippen molar-refractivity contribution in [2.24, 2.45) is 5.73 Å². The fraction of sp³-hybridized carbons (Fsp3) is 0.333. The van der Waals surface area contributed by atoms with E-state index >= 15 is 0 Å². The number of hydrogen-bond acceptors (Lipinski definition) is 8. The molecule has 2 aromatic rings. The standard InChI is InChI=1S/C9H11N5O2S2/c1-5-3-17-8(11-5)12-6(15)4-18-9-14-13-7(2-10)16-9/h3H,2,4,10H2,1H3,(H,11,12,15). The van der Waals surface area contributed by atoms with Crippen LogP contribution in [-0.4, -0.2) is 26.8 Å². The van der Waals surface area contributed by atoms with Gasteiger partial charge in [0.05, 0.1) is 18.0 Å². The second-order valence-electron chi connectivity index (χ2n) is 3.30. The van der Waals surface area contributed by atoms with E-state index < -0.39 is 0 Å². The van der Waals surface area contributed by atoms with Gasteiger partial charge in [0, 0.05) is 5.38 Å². The number of thiazole rings is 1.